The Labute approximate surface area is 177 Å². The van der Waals surface area contributed by atoms with E-state index in [0.29, 0.717) is 23.4 Å². The first-order valence-electron chi connectivity index (χ1n) is 9.75. The second-order valence-electron chi connectivity index (χ2n) is 7.02. The van der Waals surface area contributed by atoms with Crippen molar-refractivity contribution < 1.29 is 14.3 Å². The van der Waals surface area contributed by atoms with Crippen molar-refractivity contribution >= 4 is 49.2 Å². The van der Waals surface area contributed by atoms with E-state index in [9.17, 15) is 9.59 Å². The number of rotatable bonds is 6. The third-order valence-corrected chi connectivity index (χ3v) is 7.22. The van der Waals surface area contributed by atoms with E-state index in [1.54, 1.807) is 23.5 Å². The van der Waals surface area contributed by atoms with Crippen LogP contribution in [0.2, 0.25) is 0 Å². The molecule has 1 aromatic carbocycles. The summed E-state index contributed by atoms with van der Waals surface area (Å²) < 4.78 is 5.78. The molecule has 2 aromatic heterocycles. The van der Waals surface area contributed by atoms with Gasteiger partial charge in [-0.05, 0) is 49.4 Å². The standard InChI is InChI=1S/C21H23N3O3S2/c1-27-20(26)15-7-5-14(6-8-15)9-10-22-18(25)16-13-17-19(28-16)23-21(29-17)24-11-3-2-4-12-24/h5-8,13H,2-4,9-12H2,1H3,(H,22,25). The van der Waals surface area contributed by atoms with Gasteiger partial charge >= 0.3 is 5.97 Å². The summed E-state index contributed by atoms with van der Waals surface area (Å²) in [5, 5.41) is 4.05. The van der Waals surface area contributed by atoms with Crippen LogP contribution in [0.5, 0.6) is 0 Å². The molecule has 3 heterocycles. The van der Waals surface area contributed by atoms with Gasteiger partial charge in [0.05, 0.1) is 22.3 Å². The molecule has 0 saturated carbocycles. The van der Waals surface area contributed by atoms with Crippen molar-refractivity contribution in [3.05, 3.63) is 46.3 Å². The van der Waals surface area contributed by atoms with E-state index in [4.69, 9.17) is 9.72 Å². The lowest BCUT2D eigenvalue weighted by atomic mass is 10.1. The molecule has 3 aromatic rings. The fourth-order valence-electron chi connectivity index (χ4n) is 3.39. The van der Waals surface area contributed by atoms with E-state index >= 15 is 0 Å². The number of benzene rings is 1. The van der Waals surface area contributed by atoms with Gasteiger partial charge in [0.15, 0.2) is 5.13 Å². The number of thiophene rings is 1. The summed E-state index contributed by atoms with van der Waals surface area (Å²) in [4.78, 5) is 32.7. The number of anilines is 1. The summed E-state index contributed by atoms with van der Waals surface area (Å²) in [5.41, 5.74) is 1.58. The van der Waals surface area contributed by atoms with Crippen LogP contribution in [0.3, 0.4) is 0 Å². The molecule has 4 rings (SSSR count). The molecule has 0 radical (unpaired) electrons. The van der Waals surface area contributed by atoms with E-state index in [1.807, 2.05) is 18.2 Å². The Bertz CT molecular complexity index is 973. The molecular weight excluding hydrogens is 406 g/mol. The number of aromatic nitrogens is 1. The first-order chi connectivity index (χ1) is 14.1. The lowest BCUT2D eigenvalue weighted by molar-refractivity contribution is 0.0600. The molecule has 1 saturated heterocycles. The van der Waals surface area contributed by atoms with Crippen LogP contribution in [0.4, 0.5) is 5.13 Å². The van der Waals surface area contributed by atoms with Crippen molar-refractivity contribution in [3.8, 4) is 0 Å². The third kappa shape index (κ3) is 4.59. The number of thiazole rings is 1. The molecule has 8 heteroatoms. The third-order valence-electron chi connectivity index (χ3n) is 5.00. The van der Waals surface area contributed by atoms with Crippen LogP contribution in [0.1, 0.15) is 44.9 Å². The summed E-state index contributed by atoms with van der Waals surface area (Å²) in [6.07, 6.45) is 4.46. The van der Waals surface area contributed by atoms with Crippen LogP contribution in [-0.4, -0.2) is 43.6 Å². The Morgan fingerprint density at radius 1 is 1.14 bits per heavy atom. The van der Waals surface area contributed by atoms with Gasteiger partial charge in [-0.25, -0.2) is 9.78 Å². The van der Waals surface area contributed by atoms with Crippen LogP contribution >= 0.6 is 22.7 Å². The van der Waals surface area contributed by atoms with Crippen molar-refractivity contribution in [3.63, 3.8) is 0 Å². The van der Waals surface area contributed by atoms with Crippen molar-refractivity contribution in [1.82, 2.24) is 10.3 Å². The quantitative estimate of drug-likeness (QED) is 0.597. The Morgan fingerprint density at radius 3 is 2.59 bits per heavy atom. The van der Waals surface area contributed by atoms with E-state index in [2.05, 4.69) is 10.2 Å². The topological polar surface area (TPSA) is 71.5 Å². The van der Waals surface area contributed by atoms with Gasteiger partial charge in [-0.15, -0.1) is 11.3 Å². The number of hydrogen-bond acceptors (Lipinski definition) is 7. The zero-order valence-corrected chi connectivity index (χ0v) is 17.9. The largest absolute Gasteiger partial charge is 0.465 e. The number of nitrogens with zero attached hydrogens (tertiary/aromatic N) is 2. The summed E-state index contributed by atoms with van der Waals surface area (Å²) >= 11 is 3.13. The number of nitrogens with one attached hydrogen (secondary N) is 1. The lowest BCUT2D eigenvalue weighted by Gasteiger charge is -2.25. The average Bonchev–Trinajstić information content (AvgIpc) is 3.34. The molecule has 1 aliphatic heterocycles. The highest BCUT2D eigenvalue weighted by atomic mass is 32.1. The maximum Gasteiger partial charge on any atom is 0.337 e. The number of fused-ring (bicyclic) bond motifs is 1. The molecule has 6 nitrogen and oxygen atoms in total. The Balaban J connectivity index is 1.32. The van der Waals surface area contributed by atoms with Crippen LogP contribution in [0, 0.1) is 0 Å². The van der Waals surface area contributed by atoms with Gasteiger partial charge in [0.1, 0.15) is 4.83 Å². The van der Waals surface area contributed by atoms with Crippen LogP contribution in [-0.2, 0) is 11.2 Å². The first kappa shape index (κ1) is 19.8. The van der Waals surface area contributed by atoms with E-state index in [-0.39, 0.29) is 11.9 Å². The number of methoxy groups -OCH3 is 1. The minimum Gasteiger partial charge on any atom is -0.465 e. The molecule has 29 heavy (non-hydrogen) atoms. The predicted octanol–water partition coefficient (Wildman–Crippen LogP) is 4.11. The molecule has 0 aliphatic carbocycles. The molecule has 0 atom stereocenters. The number of esters is 1. The Kier molecular flexibility index (Phi) is 6.10. The molecule has 0 spiro atoms. The van der Waals surface area contributed by atoms with Crippen molar-refractivity contribution in [2.75, 3.05) is 31.6 Å². The van der Waals surface area contributed by atoms with Gasteiger partial charge < -0.3 is 15.0 Å². The Hall–Kier alpha value is -2.45. The fourth-order valence-corrected chi connectivity index (χ4v) is 5.57. The number of carbonyl (C=O) groups is 2. The molecule has 1 amide bonds. The molecule has 1 fully saturated rings. The van der Waals surface area contributed by atoms with Crippen LogP contribution in [0.25, 0.3) is 9.53 Å². The maximum absolute atomic E-state index is 12.5. The summed E-state index contributed by atoms with van der Waals surface area (Å²) in [6, 6.07) is 9.19. The summed E-state index contributed by atoms with van der Waals surface area (Å²) in [5.74, 6) is -0.412. The number of amides is 1. The maximum atomic E-state index is 12.5. The van der Waals surface area contributed by atoms with Crippen LogP contribution < -0.4 is 10.2 Å². The molecular formula is C21H23N3O3S2. The highest BCUT2D eigenvalue weighted by molar-refractivity contribution is 7.29. The monoisotopic (exact) mass is 429 g/mol. The number of piperidine rings is 1. The van der Waals surface area contributed by atoms with E-state index < -0.39 is 0 Å². The Morgan fingerprint density at radius 2 is 1.90 bits per heavy atom. The van der Waals surface area contributed by atoms with Crippen molar-refractivity contribution in [2.45, 2.75) is 25.7 Å². The van der Waals surface area contributed by atoms with E-state index in [1.165, 1.54) is 37.7 Å². The van der Waals surface area contributed by atoms with Gasteiger partial charge in [-0.3, -0.25) is 4.79 Å². The van der Waals surface area contributed by atoms with Gasteiger partial charge in [0, 0.05) is 19.6 Å². The molecule has 1 N–H and O–H groups in total. The number of hydrogen-bond donors (Lipinski definition) is 1. The zero-order chi connectivity index (χ0) is 20.2. The number of ether oxygens (including phenoxy) is 1. The van der Waals surface area contributed by atoms with Gasteiger partial charge in [-0.1, -0.05) is 23.5 Å². The minimum absolute atomic E-state index is 0.0640. The molecule has 152 valence electrons. The molecule has 0 unspecified atom stereocenters. The minimum atomic E-state index is -0.348. The average molecular weight is 430 g/mol. The van der Waals surface area contributed by atoms with Crippen LogP contribution in [0.15, 0.2) is 30.3 Å². The van der Waals surface area contributed by atoms with Gasteiger partial charge in [0.2, 0.25) is 0 Å². The summed E-state index contributed by atoms with van der Waals surface area (Å²) in [7, 11) is 1.37. The predicted molar refractivity (Wildman–Crippen MR) is 117 cm³/mol. The summed E-state index contributed by atoms with van der Waals surface area (Å²) in [6.45, 7) is 2.69. The molecule has 1 aliphatic rings. The van der Waals surface area contributed by atoms with Crippen molar-refractivity contribution in [2.24, 2.45) is 0 Å². The highest BCUT2D eigenvalue weighted by Crippen LogP contribution is 2.35. The molecule has 0 bridgehead atoms. The number of carbonyl (C=O) groups excluding carboxylic acids is 2. The second-order valence-corrected chi connectivity index (χ2v) is 9.06. The SMILES string of the molecule is COC(=O)c1ccc(CCNC(=O)c2cc3sc(N4CCCCC4)nc3s2)cc1. The first-order valence-corrected chi connectivity index (χ1v) is 11.4. The fraction of sp³-hybridized carbons (Fsp3) is 0.381. The lowest BCUT2D eigenvalue weighted by Crippen LogP contribution is -2.29. The normalized spacial score (nSPS) is 14.2. The van der Waals surface area contributed by atoms with E-state index in [0.717, 1.165) is 33.3 Å². The highest BCUT2D eigenvalue weighted by Gasteiger charge is 2.18. The van der Waals surface area contributed by atoms with Crippen molar-refractivity contribution in [1.29, 1.82) is 0 Å². The van der Waals surface area contributed by atoms with Gasteiger partial charge in [-0.2, -0.15) is 0 Å². The zero-order valence-electron chi connectivity index (χ0n) is 16.3. The smallest absolute Gasteiger partial charge is 0.337 e. The second kappa shape index (κ2) is 8.92. The van der Waals surface area contributed by atoms with Gasteiger partial charge in [0.25, 0.3) is 5.91 Å².